The van der Waals surface area contributed by atoms with Crippen LogP contribution in [0.25, 0.3) is 0 Å². The summed E-state index contributed by atoms with van der Waals surface area (Å²) in [4.78, 5) is 26.2. The van der Waals surface area contributed by atoms with Crippen molar-refractivity contribution in [2.45, 2.75) is 6.42 Å². The summed E-state index contributed by atoms with van der Waals surface area (Å²) in [5, 5.41) is 2.96. The molecule has 2 aromatic rings. The lowest BCUT2D eigenvalue weighted by Gasteiger charge is -2.18. The summed E-state index contributed by atoms with van der Waals surface area (Å²) < 4.78 is 18.3. The van der Waals surface area contributed by atoms with E-state index in [4.69, 9.17) is 27.9 Å². The van der Waals surface area contributed by atoms with E-state index >= 15 is 0 Å². The average molecular weight is 397 g/mol. The smallest absolute Gasteiger partial charge is 0.229 e. The normalized spacial score (nSPS) is 16.7. The van der Waals surface area contributed by atoms with Crippen molar-refractivity contribution in [1.82, 2.24) is 0 Å². The number of carbonyl (C=O) groups is 2. The lowest BCUT2D eigenvalue weighted by molar-refractivity contribution is -0.122. The van der Waals surface area contributed by atoms with Crippen LogP contribution < -0.4 is 15.0 Å². The van der Waals surface area contributed by atoms with Crippen molar-refractivity contribution in [3.63, 3.8) is 0 Å². The molecular formula is C18H15Cl2FN2O3. The molecule has 8 heteroatoms. The number of methoxy groups -OCH3 is 1. The van der Waals surface area contributed by atoms with Gasteiger partial charge in [0.1, 0.15) is 11.6 Å². The third kappa shape index (κ3) is 3.76. The highest BCUT2D eigenvalue weighted by Gasteiger charge is 2.35. The Kier molecular flexibility index (Phi) is 5.34. The largest absolute Gasteiger partial charge is 0.495 e. The molecule has 1 aliphatic rings. The summed E-state index contributed by atoms with van der Waals surface area (Å²) in [6, 6.07) is 8.91. The Balaban J connectivity index is 1.71. The second kappa shape index (κ2) is 7.51. The molecule has 26 heavy (non-hydrogen) atoms. The van der Waals surface area contributed by atoms with Gasteiger partial charge in [0.05, 0.1) is 23.1 Å². The van der Waals surface area contributed by atoms with Gasteiger partial charge in [-0.2, -0.15) is 0 Å². The second-order valence-corrected chi connectivity index (χ2v) is 6.66. The maximum absolute atomic E-state index is 13.2. The molecule has 0 aliphatic carbocycles. The monoisotopic (exact) mass is 396 g/mol. The summed E-state index contributed by atoms with van der Waals surface area (Å²) in [5.74, 6) is -1.10. The number of rotatable bonds is 4. The van der Waals surface area contributed by atoms with Crippen molar-refractivity contribution >= 4 is 46.4 Å². The van der Waals surface area contributed by atoms with E-state index in [1.54, 1.807) is 18.2 Å². The topological polar surface area (TPSA) is 58.6 Å². The molecule has 2 amide bonds. The van der Waals surface area contributed by atoms with Gasteiger partial charge in [-0.25, -0.2) is 4.39 Å². The zero-order chi connectivity index (χ0) is 18.8. The fraction of sp³-hybridized carbons (Fsp3) is 0.222. The molecule has 0 aromatic heterocycles. The Morgan fingerprint density at radius 1 is 1.23 bits per heavy atom. The van der Waals surface area contributed by atoms with Crippen molar-refractivity contribution in [3.05, 3.63) is 52.3 Å². The lowest BCUT2D eigenvalue weighted by atomic mass is 10.1. The van der Waals surface area contributed by atoms with E-state index in [0.29, 0.717) is 22.1 Å². The van der Waals surface area contributed by atoms with E-state index in [2.05, 4.69) is 5.32 Å². The second-order valence-electron chi connectivity index (χ2n) is 5.84. The summed E-state index contributed by atoms with van der Waals surface area (Å²) in [7, 11) is 1.50. The highest BCUT2D eigenvalue weighted by molar-refractivity contribution is 6.32. The van der Waals surface area contributed by atoms with E-state index in [-0.39, 0.29) is 29.8 Å². The van der Waals surface area contributed by atoms with Crippen molar-refractivity contribution in [2.75, 3.05) is 23.9 Å². The van der Waals surface area contributed by atoms with Gasteiger partial charge in [0.2, 0.25) is 11.8 Å². The van der Waals surface area contributed by atoms with Gasteiger partial charge in [-0.05, 0) is 36.4 Å². The van der Waals surface area contributed by atoms with Crippen molar-refractivity contribution in [2.24, 2.45) is 5.92 Å². The summed E-state index contributed by atoms with van der Waals surface area (Å²) in [6.07, 6.45) is 0.0738. The molecule has 1 N–H and O–H groups in total. The van der Waals surface area contributed by atoms with Gasteiger partial charge in [-0.1, -0.05) is 23.2 Å². The minimum absolute atomic E-state index is 0.0738. The maximum Gasteiger partial charge on any atom is 0.229 e. The number of halogens is 3. The van der Waals surface area contributed by atoms with Crippen LogP contribution >= 0.6 is 23.2 Å². The highest BCUT2D eigenvalue weighted by atomic mass is 35.5. The predicted octanol–water partition coefficient (Wildman–Crippen LogP) is 4.13. The van der Waals surface area contributed by atoms with Crippen molar-refractivity contribution in [1.29, 1.82) is 0 Å². The zero-order valence-electron chi connectivity index (χ0n) is 13.8. The highest BCUT2D eigenvalue weighted by Crippen LogP contribution is 2.32. The molecule has 2 aromatic carbocycles. The summed E-state index contributed by atoms with van der Waals surface area (Å²) in [5.41, 5.74) is 0.973. The summed E-state index contributed by atoms with van der Waals surface area (Å²) >= 11 is 11.8. The number of amides is 2. The third-order valence-corrected chi connectivity index (χ3v) is 4.72. The molecule has 1 atom stereocenters. The van der Waals surface area contributed by atoms with E-state index in [0.717, 1.165) is 0 Å². The average Bonchev–Trinajstić information content (AvgIpc) is 3.00. The standard InChI is InChI=1S/C18H15Cl2FN2O3/c1-26-16-5-3-12(8-14(16)20)23-9-10(6-17(23)24)18(25)22-11-2-4-15(21)13(19)7-11/h2-5,7-8,10H,6,9H2,1H3,(H,22,25). The molecule has 5 nitrogen and oxygen atoms in total. The quantitative estimate of drug-likeness (QED) is 0.844. The van der Waals surface area contributed by atoms with Gasteiger partial charge >= 0.3 is 0 Å². The number of carbonyl (C=O) groups excluding carboxylic acids is 2. The first-order valence-electron chi connectivity index (χ1n) is 7.79. The number of nitrogens with zero attached hydrogens (tertiary/aromatic N) is 1. The number of nitrogens with one attached hydrogen (secondary N) is 1. The van der Waals surface area contributed by atoms with Crippen molar-refractivity contribution in [3.8, 4) is 5.75 Å². The SMILES string of the molecule is COc1ccc(N2CC(C(=O)Nc3ccc(F)c(Cl)c3)CC2=O)cc1Cl. The van der Waals surface area contributed by atoms with Gasteiger partial charge in [0, 0.05) is 24.3 Å². The Bertz CT molecular complexity index is 876. The van der Waals surface area contributed by atoms with Crippen LogP contribution in [0, 0.1) is 11.7 Å². The van der Waals surface area contributed by atoms with Crippen LogP contribution in [0.5, 0.6) is 5.75 Å². The minimum Gasteiger partial charge on any atom is -0.495 e. The summed E-state index contributed by atoms with van der Waals surface area (Å²) in [6.45, 7) is 0.224. The molecule has 1 fully saturated rings. The molecular weight excluding hydrogens is 382 g/mol. The predicted molar refractivity (Wildman–Crippen MR) is 98.5 cm³/mol. The van der Waals surface area contributed by atoms with Crippen LogP contribution in [0.4, 0.5) is 15.8 Å². The van der Waals surface area contributed by atoms with Gasteiger partial charge in [0.25, 0.3) is 0 Å². The fourth-order valence-corrected chi connectivity index (χ4v) is 3.21. The molecule has 3 rings (SSSR count). The van der Waals surface area contributed by atoms with Gasteiger partial charge in [0.15, 0.2) is 0 Å². The van der Waals surface area contributed by atoms with Gasteiger partial charge < -0.3 is 15.0 Å². The molecule has 0 radical (unpaired) electrons. The van der Waals surface area contributed by atoms with Crippen LogP contribution in [0.15, 0.2) is 36.4 Å². The Labute approximate surface area is 159 Å². The van der Waals surface area contributed by atoms with E-state index in [1.807, 2.05) is 0 Å². The number of anilines is 2. The molecule has 0 bridgehead atoms. The maximum atomic E-state index is 13.2. The number of hydrogen-bond donors (Lipinski definition) is 1. The van der Waals surface area contributed by atoms with Crippen LogP contribution in [-0.2, 0) is 9.59 Å². The molecule has 0 spiro atoms. The first-order chi connectivity index (χ1) is 12.4. The lowest BCUT2D eigenvalue weighted by Crippen LogP contribution is -2.28. The number of benzene rings is 2. The van der Waals surface area contributed by atoms with Crippen LogP contribution in [0.1, 0.15) is 6.42 Å². The van der Waals surface area contributed by atoms with Crippen molar-refractivity contribution < 1.29 is 18.7 Å². The van der Waals surface area contributed by atoms with Gasteiger partial charge in [-0.3, -0.25) is 9.59 Å². The zero-order valence-corrected chi connectivity index (χ0v) is 15.3. The molecule has 136 valence electrons. The van der Waals surface area contributed by atoms with E-state index in [1.165, 1.54) is 30.2 Å². The molecule has 1 aliphatic heterocycles. The Hall–Kier alpha value is -2.31. The van der Waals surface area contributed by atoms with Crippen LogP contribution in [0.2, 0.25) is 10.0 Å². The Morgan fingerprint density at radius 3 is 2.65 bits per heavy atom. The first kappa shape index (κ1) is 18.5. The first-order valence-corrected chi connectivity index (χ1v) is 8.54. The van der Waals surface area contributed by atoms with E-state index < -0.39 is 11.7 Å². The fourth-order valence-electron chi connectivity index (χ4n) is 2.77. The number of hydrogen-bond acceptors (Lipinski definition) is 3. The molecule has 1 saturated heterocycles. The molecule has 1 unspecified atom stereocenters. The third-order valence-electron chi connectivity index (χ3n) is 4.13. The molecule has 0 saturated carbocycles. The van der Waals surface area contributed by atoms with E-state index in [9.17, 15) is 14.0 Å². The molecule has 1 heterocycles. The minimum atomic E-state index is -0.566. The van der Waals surface area contributed by atoms with Crippen LogP contribution in [0.3, 0.4) is 0 Å². The number of ether oxygens (including phenoxy) is 1. The Morgan fingerprint density at radius 2 is 2.00 bits per heavy atom. The van der Waals surface area contributed by atoms with Gasteiger partial charge in [-0.15, -0.1) is 0 Å². The van der Waals surface area contributed by atoms with Crippen LogP contribution in [-0.4, -0.2) is 25.5 Å².